The maximum Gasteiger partial charge on any atom is 0.122 e. The smallest absolute Gasteiger partial charge is 0.122 e. The zero-order chi connectivity index (χ0) is 14.5. The van der Waals surface area contributed by atoms with Gasteiger partial charge in [0.2, 0.25) is 0 Å². The molecule has 1 aliphatic heterocycles. The standard InChI is InChI=1S/C18H27NO2/c19-12-8-15-6-2-3-7-17(15)21-16-9-13-20-18(14-16)10-4-1-5-11-18/h2-3,6-7,16H,1,4-5,8-14,19H2. The van der Waals surface area contributed by atoms with Crippen LogP contribution >= 0.6 is 0 Å². The molecule has 1 unspecified atom stereocenters. The van der Waals surface area contributed by atoms with Crippen molar-refractivity contribution < 1.29 is 9.47 Å². The lowest BCUT2D eigenvalue weighted by Crippen LogP contribution is -2.45. The zero-order valence-corrected chi connectivity index (χ0v) is 12.9. The summed E-state index contributed by atoms with van der Waals surface area (Å²) >= 11 is 0. The Kier molecular flexibility index (Phi) is 4.81. The normalized spacial score (nSPS) is 24.9. The Bertz CT molecular complexity index is 449. The molecule has 1 atom stereocenters. The number of nitrogens with two attached hydrogens (primary N) is 1. The molecule has 0 bridgehead atoms. The molecule has 2 N–H and O–H groups in total. The van der Waals surface area contributed by atoms with E-state index in [1.807, 2.05) is 6.07 Å². The quantitative estimate of drug-likeness (QED) is 0.923. The first kappa shape index (κ1) is 14.9. The fraction of sp³-hybridized carbons (Fsp3) is 0.667. The first-order valence-corrected chi connectivity index (χ1v) is 8.40. The van der Waals surface area contributed by atoms with Crippen molar-refractivity contribution in [3.63, 3.8) is 0 Å². The van der Waals surface area contributed by atoms with E-state index in [1.165, 1.54) is 37.7 Å². The van der Waals surface area contributed by atoms with Gasteiger partial charge in [0.05, 0.1) is 12.2 Å². The second kappa shape index (κ2) is 6.80. The molecule has 1 spiro atoms. The first-order chi connectivity index (χ1) is 10.3. The zero-order valence-electron chi connectivity index (χ0n) is 12.9. The van der Waals surface area contributed by atoms with Crippen molar-refractivity contribution in [2.75, 3.05) is 13.2 Å². The molecule has 1 aliphatic carbocycles. The highest BCUT2D eigenvalue weighted by molar-refractivity contribution is 5.33. The molecular weight excluding hydrogens is 262 g/mol. The average Bonchev–Trinajstić information content (AvgIpc) is 2.50. The molecule has 21 heavy (non-hydrogen) atoms. The van der Waals surface area contributed by atoms with Crippen molar-refractivity contribution in [1.82, 2.24) is 0 Å². The van der Waals surface area contributed by atoms with Crippen LogP contribution < -0.4 is 10.5 Å². The third kappa shape index (κ3) is 3.58. The maximum absolute atomic E-state index is 6.33. The van der Waals surface area contributed by atoms with Crippen LogP contribution in [0, 0.1) is 0 Å². The van der Waals surface area contributed by atoms with Gasteiger partial charge in [0.1, 0.15) is 11.9 Å². The van der Waals surface area contributed by atoms with Crippen LogP contribution in [0.15, 0.2) is 24.3 Å². The Hall–Kier alpha value is -1.06. The molecule has 116 valence electrons. The van der Waals surface area contributed by atoms with E-state index >= 15 is 0 Å². The third-order valence-electron chi connectivity index (χ3n) is 4.89. The predicted octanol–water partition coefficient (Wildman–Crippen LogP) is 3.45. The van der Waals surface area contributed by atoms with E-state index in [2.05, 4.69) is 18.2 Å². The second-order valence-electron chi connectivity index (χ2n) is 6.47. The van der Waals surface area contributed by atoms with E-state index in [0.717, 1.165) is 31.6 Å². The summed E-state index contributed by atoms with van der Waals surface area (Å²) in [5.41, 5.74) is 7.03. The Labute approximate surface area is 127 Å². The largest absolute Gasteiger partial charge is 0.490 e. The molecule has 3 nitrogen and oxygen atoms in total. The van der Waals surface area contributed by atoms with Gasteiger partial charge in [0.25, 0.3) is 0 Å². The van der Waals surface area contributed by atoms with Gasteiger partial charge in [0, 0.05) is 12.8 Å². The van der Waals surface area contributed by atoms with Crippen LogP contribution in [0.3, 0.4) is 0 Å². The summed E-state index contributed by atoms with van der Waals surface area (Å²) in [4.78, 5) is 0. The lowest BCUT2D eigenvalue weighted by molar-refractivity contribution is -0.129. The van der Waals surface area contributed by atoms with Gasteiger partial charge in [-0.2, -0.15) is 0 Å². The van der Waals surface area contributed by atoms with E-state index in [4.69, 9.17) is 15.2 Å². The second-order valence-corrected chi connectivity index (χ2v) is 6.47. The number of hydrogen-bond donors (Lipinski definition) is 1. The summed E-state index contributed by atoms with van der Waals surface area (Å²) in [6.45, 7) is 1.50. The topological polar surface area (TPSA) is 44.5 Å². The summed E-state index contributed by atoms with van der Waals surface area (Å²) in [5, 5.41) is 0. The van der Waals surface area contributed by atoms with Crippen molar-refractivity contribution >= 4 is 0 Å². The van der Waals surface area contributed by atoms with Gasteiger partial charge < -0.3 is 15.2 Å². The summed E-state index contributed by atoms with van der Waals surface area (Å²) in [6.07, 6.45) is 9.58. The third-order valence-corrected chi connectivity index (χ3v) is 4.89. The van der Waals surface area contributed by atoms with Gasteiger partial charge in [-0.3, -0.25) is 0 Å². The molecule has 0 aromatic heterocycles. The molecule has 3 heteroatoms. The van der Waals surface area contributed by atoms with E-state index in [1.54, 1.807) is 0 Å². The van der Waals surface area contributed by atoms with Gasteiger partial charge in [-0.25, -0.2) is 0 Å². The molecule has 0 radical (unpaired) electrons. The van der Waals surface area contributed by atoms with Crippen LogP contribution in [0.25, 0.3) is 0 Å². The highest BCUT2D eigenvalue weighted by Gasteiger charge is 2.39. The number of rotatable bonds is 4. The minimum atomic E-state index is 0.101. The summed E-state index contributed by atoms with van der Waals surface area (Å²) in [6, 6.07) is 8.31. The highest BCUT2D eigenvalue weighted by Crippen LogP contribution is 2.39. The maximum atomic E-state index is 6.33. The SMILES string of the molecule is NCCc1ccccc1OC1CCOC2(CCCCC2)C1. The van der Waals surface area contributed by atoms with Crippen molar-refractivity contribution in [2.24, 2.45) is 5.73 Å². The number of para-hydroxylation sites is 1. The molecule has 1 saturated carbocycles. The molecule has 1 heterocycles. The number of benzene rings is 1. The van der Waals surface area contributed by atoms with Crippen LogP contribution in [-0.4, -0.2) is 24.9 Å². The van der Waals surface area contributed by atoms with Crippen LogP contribution in [0.5, 0.6) is 5.75 Å². The molecule has 2 aliphatic rings. The van der Waals surface area contributed by atoms with Crippen molar-refractivity contribution in [3.8, 4) is 5.75 Å². The fourth-order valence-corrected chi connectivity index (χ4v) is 3.79. The van der Waals surface area contributed by atoms with E-state index < -0.39 is 0 Å². The molecule has 3 rings (SSSR count). The minimum absolute atomic E-state index is 0.101. The summed E-state index contributed by atoms with van der Waals surface area (Å²) in [5.74, 6) is 1.01. The van der Waals surface area contributed by atoms with E-state index in [0.29, 0.717) is 6.54 Å². The first-order valence-electron chi connectivity index (χ1n) is 8.40. The van der Waals surface area contributed by atoms with E-state index in [-0.39, 0.29) is 11.7 Å². The van der Waals surface area contributed by atoms with E-state index in [9.17, 15) is 0 Å². The van der Waals surface area contributed by atoms with Crippen molar-refractivity contribution in [3.05, 3.63) is 29.8 Å². The molecular formula is C18H27NO2. The van der Waals surface area contributed by atoms with Gasteiger partial charge in [-0.05, 0) is 37.4 Å². The number of hydrogen-bond acceptors (Lipinski definition) is 3. The van der Waals surface area contributed by atoms with Crippen LogP contribution in [0.2, 0.25) is 0 Å². The summed E-state index contributed by atoms with van der Waals surface area (Å²) in [7, 11) is 0. The summed E-state index contributed by atoms with van der Waals surface area (Å²) < 4.78 is 12.5. The van der Waals surface area contributed by atoms with Crippen molar-refractivity contribution in [1.29, 1.82) is 0 Å². The number of ether oxygens (including phenoxy) is 2. The molecule has 1 aromatic carbocycles. The van der Waals surface area contributed by atoms with Crippen LogP contribution in [0.1, 0.15) is 50.5 Å². The van der Waals surface area contributed by atoms with Gasteiger partial charge in [-0.1, -0.05) is 37.5 Å². The Morgan fingerprint density at radius 2 is 2.00 bits per heavy atom. The van der Waals surface area contributed by atoms with Crippen molar-refractivity contribution in [2.45, 2.75) is 63.1 Å². The van der Waals surface area contributed by atoms with Crippen LogP contribution in [-0.2, 0) is 11.2 Å². The Morgan fingerprint density at radius 3 is 2.81 bits per heavy atom. The predicted molar refractivity (Wildman–Crippen MR) is 84.6 cm³/mol. The Balaban J connectivity index is 1.67. The molecule has 2 fully saturated rings. The van der Waals surface area contributed by atoms with Gasteiger partial charge in [-0.15, -0.1) is 0 Å². The van der Waals surface area contributed by atoms with Crippen LogP contribution in [0.4, 0.5) is 0 Å². The highest BCUT2D eigenvalue weighted by atomic mass is 16.5. The monoisotopic (exact) mass is 289 g/mol. The molecule has 1 aromatic rings. The Morgan fingerprint density at radius 1 is 1.19 bits per heavy atom. The fourth-order valence-electron chi connectivity index (χ4n) is 3.79. The van der Waals surface area contributed by atoms with Gasteiger partial charge in [0.15, 0.2) is 0 Å². The minimum Gasteiger partial charge on any atom is -0.490 e. The average molecular weight is 289 g/mol. The lowest BCUT2D eigenvalue weighted by atomic mass is 9.79. The molecule has 0 amide bonds. The molecule has 1 saturated heterocycles. The lowest BCUT2D eigenvalue weighted by Gasteiger charge is -2.43. The van der Waals surface area contributed by atoms with Gasteiger partial charge >= 0.3 is 0 Å².